The van der Waals surface area contributed by atoms with Gasteiger partial charge in [0.05, 0.1) is 17.4 Å². The van der Waals surface area contributed by atoms with Crippen molar-refractivity contribution >= 4 is 34.7 Å². The Bertz CT molecular complexity index is 951. The van der Waals surface area contributed by atoms with E-state index in [1.165, 1.54) is 40.2 Å². The highest BCUT2D eigenvalue weighted by Crippen LogP contribution is 2.54. The summed E-state index contributed by atoms with van der Waals surface area (Å²) >= 11 is 3.66. The molecule has 2 unspecified atom stereocenters. The Morgan fingerprint density at radius 2 is 1.94 bits per heavy atom. The minimum Gasteiger partial charge on any atom is -0.494 e. The molecular weight excluding hydrogens is 424 g/mol. The van der Waals surface area contributed by atoms with Crippen LogP contribution in [0.2, 0.25) is 0 Å². The molecule has 166 valence electrons. The van der Waals surface area contributed by atoms with Crippen molar-refractivity contribution in [3.63, 3.8) is 0 Å². The third-order valence-corrected chi connectivity index (χ3v) is 9.02. The second-order valence-electron chi connectivity index (χ2n) is 8.48. The van der Waals surface area contributed by atoms with Gasteiger partial charge in [0.25, 0.3) is 0 Å². The van der Waals surface area contributed by atoms with Crippen molar-refractivity contribution < 1.29 is 9.53 Å². The summed E-state index contributed by atoms with van der Waals surface area (Å²) in [6, 6.07) is 9.84. The van der Waals surface area contributed by atoms with Crippen LogP contribution >= 0.6 is 23.1 Å². The molecule has 2 atom stereocenters. The van der Waals surface area contributed by atoms with Crippen LogP contribution in [0.25, 0.3) is 0 Å². The minimum atomic E-state index is -0.561. The summed E-state index contributed by atoms with van der Waals surface area (Å²) in [6.45, 7) is 7.69. The van der Waals surface area contributed by atoms with Crippen molar-refractivity contribution in [2.75, 3.05) is 11.9 Å². The first kappa shape index (κ1) is 22.4. The molecule has 4 nitrogen and oxygen atoms in total. The predicted octanol–water partition coefficient (Wildman–Crippen LogP) is 6.48. The van der Waals surface area contributed by atoms with E-state index >= 15 is 0 Å². The number of carbonyl (C=O) groups excluding carboxylic acids is 1. The Balaban J connectivity index is 1.56. The van der Waals surface area contributed by atoms with Crippen LogP contribution in [0, 0.1) is 12.3 Å². The first-order valence-corrected chi connectivity index (χ1v) is 13.0. The summed E-state index contributed by atoms with van der Waals surface area (Å²) in [6.07, 6.45) is 5.76. The smallest absolute Gasteiger partial charge is 0.236 e. The first-order valence-electron chi connectivity index (χ1n) is 11.2. The van der Waals surface area contributed by atoms with Gasteiger partial charge in [0.2, 0.25) is 5.91 Å². The van der Waals surface area contributed by atoms with Crippen molar-refractivity contribution in [1.29, 1.82) is 0 Å². The summed E-state index contributed by atoms with van der Waals surface area (Å²) in [5.74, 6) is 0.902. The fraction of sp³-hybridized carbons (Fsp3) is 0.480. The fourth-order valence-electron chi connectivity index (χ4n) is 4.49. The zero-order valence-corrected chi connectivity index (χ0v) is 20.3. The molecule has 4 rings (SSSR count). The number of amides is 1. The van der Waals surface area contributed by atoms with Gasteiger partial charge < -0.3 is 10.1 Å². The highest BCUT2D eigenvalue weighted by molar-refractivity contribution is 8.04. The molecule has 1 amide bonds. The molecule has 6 heteroatoms. The van der Waals surface area contributed by atoms with Gasteiger partial charge in [-0.2, -0.15) is 0 Å². The topological polar surface area (TPSA) is 50.4 Å². The molecule has 1 aromatic carbocycles. The van der Waals surface area contributed by atoms with Crippen molar-refractivity contribution in [2.45, 2.75) is 64.8 Å². The molecule has 0 spiro atoms. The monoisotopic (exact) mass is 456 g/mol. The molecule has 2 heterocycles. The molecule has 2 aliphatic rings. The molecule has 31 heavy (non-hydrogen) atoms. The van der Waals surface area contributed by atoms with Gasteiger partial charge in [-0.1, -0.05) is 6.42 Å². The lowest BCUT2D eigenvalue weighted by molar-refractivity contribution is -0.123. The van der Waals surface area contributed by atoms with Crippen LogP contribution in [-0.2, 0) is 11.3 Å². The summed E-state index contributed by atoms with van der Waals surface area (Å²) in [4.78, 5) is 16.5. The molecule has 0 saturated carbocycles. The maximum atomic E-state index is 13.7. The van der Waals surface area contributed by atoms with Crippen molar-refractivity contribution in [3.8, 4) is 5.75 Å². The van der Waals surface area contributed by atoms with Crippen LogP contribution in [0.1, 0.15) is 56.4 Å². The lowest BCUT2D eigenvalue weighted by atomic mass is 9.78. The highest BCUT2D eigenvalue weighted by atomic mass is 32.2. The number of anilines is 1. The Labute approximate surface area is 193 Å². The van der Waals surface area contributed by atoms with Crippen LogP contribution in [0.5, 0.6) is 5.75 Å². The van der Waals surface area contributed by atoms with Gasteiger partial charge in [-0.15, -0.1) is 23.1 Å². The third kappa shape index (κ3) is 4.71. The van der Waals surface area contributed by atoms with E-state index in [1.807, 2.05) is 43.0 Å². The molecule has 2 aromatic rings. The van der Waals surface area contributed by atoms with E-state index in [4.69, 9.17) is 4.74 Å². The number of carbonyl (C=O) groups is 1. The molecule has 1 aliphatic heterocycles. The zero-order chi connectivity index (χ0) is 21.8. The predicted molar refractivity (Wildman–Crippen MR) is 132 cm³/mol. The van der Waals surface area contributed by atoms with Gasteiger partial charge in [-0.05, 0) is 98.2 Å². The van der Waals surface area contributed by atoms with E-state index in [-0.39, 0.29) is 11.3 Å². The summed E-state index contributed by atoms with van der Waals surface area (Å²) in [5.41, 5.74) is 2.92. The van der Waals surface area contributed by atoms with E-state index in [0.717, 1.165) is 30.8 Å². The van der Waals surface area contributed by atoms with Crippen molar-refractivity contribution in [2.24, 2.45) is 5.41 Å². The standard InChI is InChI=1S/C25H32N2O2S2/c1-4-29-19-12-10-18(11-13-19)27-23(28)25(3)20-8-6-5-7-9-21(20)31-24(25)26-16-22-17(2)14-15-30-22/h10-15,24,26H,4-9,16H2,1-3H3,(H,27,28). The highest BCUT2D eigenvalue weighted by Gasteiger charge is 2.50. The summed E-state index contributed by atoms with van der Waals surface area (Å²) in [7, 11) is 0. The van der Waals surface area contributed by atoms with Crippen LogP contribution in [0.4, 0.5) is 5.69 Å². The van der Waals surface area contributed by atoms with Crippen LogP contribution in [-0.4, -0.2) is 17.9 Å². The second-order valence-corrected chi connectivity index (χ2v) is 10.7. The largest absolute Gasteiger partial charge is 0.494 e. The number of nitrogens with one attached hydrogen (secondary N) is 2. The number of thiophene rings is 1. The van der Waals surface area contributed by atoms with Crippen molar-refractivity contribution in [1.82, 2.24) is 5.32 Å². The number of allylic oxidation sites excluding steroid dienone is 1. The number of thioether (sulfide) groups is 1. The summed E-state index contributed by atoms with van der Waals surface area (Å²) in [5, 5.41) is 9.12. The van der Waals surface area contributed by atoms with Crippen LogP contribution < -0.4 is 15.4 Å². The van der Waals surface area contributed by atoms with Gasteiger partial charge in [-0.3, -0.25) is 10.1 Å². The average Bonchev–Trinajstić information content (AvgIpc) is 3.18. The van der Waals surface area contributed by atoms with Gasteiger partial charge in [0.1, 0.15) is 5.75 Å². The maximum absolute atomic E-state index is 13.7. The summed E-state index contributed by atoms with van der Waals surface area (Å²) < 4.78 is 5.53. The SMILES string of the molecule is CCOc1ccc(NC(=O)C2(C)C3=C(CCCCC3)SC2NCc2sccc2C)cc1. The van der Waals surface area contributed by atoms with Crippen LogP contribution in [0.3, 0.4) is 0 Å². The fourth-order valence-corrected chi connectivity index (χ4v) is 7.00. The Hall–Kier alpha value is -1.76. The lowest BCUT2D eigenvalue weighted by Crippen LogP contribution is -2.47. The molecule has 1 aromatic heterocycles. The Kier molecular flexibility index (Phi) is 7.09. The van der Waals surface area contributed by atoms with E-state index in [0.29, 0.717) is 6.61 Å². The van der Waals surface area contributed by atoms with Gasteiger partial charge >= 0.3 is 0 Å². The molecule has 1 aliphatic carbocycles. The Morgan fingerprint density at radius 3 is 2.65 bits per heavy atom. The van der Waals surface area contributed by atoms with Gasteiger partial charge in [0, 0.05) is 17.1 Å². The number of aryl methyl sites for hydroxylation is 1. The molecular formula is C25H32N2O2S2. The number of rotatable bonds is 7. The molecule has 0 fully saturated rings. The second kappa shape index (κ2) is 9.80. The van der Waals surface area contributed by atoms with Gasteiger partial charge in [0.15, 0.2) is 0 Å². The maximum Gasteiger partial charge on any atom is 0.236 e. The first-order chi connectivity index (χ1) is 15.0. The number of benzene rings is 1. The number of hydrogen-bond acceptors (Lipinski definition) is 5. The minimum absolute atomic E-state index is 0.0415. The molecule has 0 radical (unpaired) electrons. The third-order valence-electron chi connectivity index (χ3n) is 6.39. The normalized spacial score (nSPS) is 23.4. The van der Waals surface area contributed by atoms with Crippen LogP contribution in [0.15, 0.2) is 46.2 Å². The molecule has 2 N–H and O–H groups in total. The van der Waals surface area contributed by atoms with E-state index in [2.05, 4.69) is 35.9 Å². The van der Waals surface area contributed by atoms with E-state index in [9.17, 15) is 4.79 Å². The number of hydrogen-bond donors (Lipinski definition) is 2. The zero-order valence-electron chi connectivity index (χ0n) is 18.6. The molecule has 0 bridgehead atoms. The number of ether oxygens (including phenoxy) is 1. The molecule has 0 saturated heterocycles. The van der Waals surface area contributed by atoms with E-state index in [1.54, 1.807) is 11.3 Å². The van der Waals surface area contributed by atoms with Crippen molar-refractivity contribution in [3.05, 3.63) is 56.6 Å². The average molecular weight is 457 g/mol. The van der Waals surface area contributed by atoms with E-state index < -0.39 is 5.41 Å². The Morgan fingerprint density at radius 1 is 1.16 bits per heavy atom. The quantitative estimate of drug-likeness (QED) is 0.500. The van der Waals surface area contributed by atoms with Gasteiger partial charge in [-0.25, -0.2) is 0 Å². The lowest BCUT2D eigenvalue weighted by Gasteiger charge is -2.33.